The average molecular weight is 315 g/mol. The van der Waals surface area contributed by atoms with Crippen molar-refractivity contribution in [3.8, 4) is 0 Å². The molecule has 1 aromatic heterocycles. The normalized spacial score (nSPS) is 13.3. The molecule has 0 spiro atoms. The van der Waals surface area contributed by atoms with Gasteiger partial charge >= 0.3 is 0 Å². The summed E-state index contributed by atoms with van der Waals surface area (Å²) in [6.45, 7) is 0.155. The molecule has 2 rings (SSSR count). The number of aliphatic hydroxyl groups is 1. The Morgan fingerprint density at radius 3 is 2.80 bits per heavy atom. The van der Waals surface area contributed by atoms with Crippen LogP contribution in [0, 0.1) is 0 Å². The first-order valence-corrected chi connectivity index (χ1v) is 8.25. The Hall–Kier alpha value is -1.37. The van der Waals surface area contributed by atoms with E-state index in [9.17, 15) is 13.5 Å². The van der Waals surface area contributed by atoms with E-state index in [-0.39, 0.29) is 18.1 Å². The van der Waals surface area contributed by atoms with Gasteiger partial charge in [0.15, 0.2) is 9.84 Å². The van der Waals surface area contributed by atoms with Crippen molar-refractivity contribution < 1.29 is 13.5 Å². The zero-order chi connectivity index (χ0) is 14.6. The predicted octanol–water partition coefficient (Wildman–Crippen LogP) is 1.51. The van der Waals surface area contributed by atoms with Gasteiger partial charge in [-0.05, 0) is 23.8 Å². The highest BCUT2D eigenvalue weighted by Gasteiger charge is 2.18. The minimum atomic E-state index is -3.40. The minimum absolute atomic E-state index is 0.135. The molecule has 0 saturated heterocycles. The van der Waals surface area contributed by atoms with Crippen LogP contribution >= 0.6 is 11.6 Å². The molecule has 20 heavy (non-hydrogen) atoms. The Kier molecular flexibility index (Phi) is 4.80. The lowest BCUT2D eigenvalue weighted by Crippen LogP contribution is -2.26. The van der Waals surface area contributed by atoms with Crippen LogP contribution in [0.15, 0.2) is 42.7 Å². The van der Waals surface area contributed by atoms with E-state index >= 15 is 0 Å². The van der Waals surface area contributed by atoms with Gasteiger partial charge in [-0.2, -0.15) is 5.10 Å². The van der Waals surface area contributed by atoms with Crippen LogP contribution in [0.4, 0.5) is 0 Å². The molecular formula is C13H15ClN2O3S. The zero-order valence-electron chi connectivity index (χ0n) is 10.7. The highest BCUT2D eigenvalue weighted by Crippen LogP contribution is 2.14. The van der Waals surface area contributed by atoms with E-state index in [0.29, 0.717) is 10.6 Å². The van der Waals surface area contributed by atoms with Crippen molar-refractivity contribution in [2.45, 2.75) is 18.4 Å². The fourth-order valence-electron chi connectivity index (χ4n) is 1.91. The summed E-state index contributed by atoms with van der Waals surface area (Å²) < 4.78 is 25.5. The summed E-state index contributed by atoms with van der Waals surface area (Å²) in [5.41, 5.74) is 0.615. The van der Waals surface area contributed by atoms with Crippen molar-refractivity contribution >= 4 is 21.4 Å². The van der Waals surface area contributed by atoms with Crippen molar-refractivity contribution in [2.24, 2.45) is 0 Å². The lowest BCUT2D eigenvalue weighted by atomic mass is 10.2. The molecule has 0 aliphatic rings. The van der Waals surface area contributed by atoms with Gasteiger partial charge in [-0.3, -0.25) is 4.68 Å². The fraction of sp³-hybridized carbons (Fsp3) is 0.308. The second kappa shape index (κ2) is 6.39. The van der Waals surface area contributed by atoms with Crippen molar-refractivity contribution in [2.75, 3.05) is 5.75 Å². The lowest BCUT2D eigenvalue weighted by molar-refractivity contribution is 0.171. The lowest BCUT2D eigenvalue weighted by Gasteiger charge is -2.11. The number of aromatic nitrogens is 2. The molecule has 1 heterocycles. The molecule has 1 aromatic carbocycles. The number of hydrogen-bond donors (Lipinski definition) is 1. The molecule has 1 N–H and O–H groups in total. The molecule has 2 aromatic rings. The topological polar surface area (TPSA) is 72.2 Å². The third kappa shape index (κ3) is 4.63. The first-order chi connectivity index (χ1) is 9.44. The highest BCUT2D eigenvalue weighted by molar-refractivity contribution is 7.90. The fourth-order valence-corrected chi connectivity index (χ4v) is 3.62. The van der Waals surface area contributed by atoms with Crippen LogP contribution in [0.3, 0.4) is 0 Å². The van der Waals surface area contributed by atoms with Gasteiger partial charge < -0.3 is 5.11 Å². The summed E-state index contributed by atoms with van der Waals surface area (Å²) in [5.74, 6) is -0.441. The van der Waals surface area contributed by atoms with E-state index in [2.05, 4.69) is 5.10 Å². The molecule has 0 saturated carbocycles. The molecule has 0 bridgehead atoms. The van der Waals surface area contributed by atoms with Gasteiger partial charge in [-0.25, -0.2) is 8.42 Å². The molecule has 0 aliphatic heterocycles. The van der Waals surface area contributed by atoms with Gasteiger partial charge in [0.25, 0.3) is 0 Å². The Labute approximate surface area is 122 Å². The Morgan fingerprint density at radius 1 is 1.35 bits per heavy atom. The Bertz CT molecular complexity index is 656. The van der Waals surface area contributed by atoms with Gasteiger partial charge in [0, 0.05) is 17.4 Å². The van der Waals surface area contributed by atoms with Crippen LogP contribution in [0.25, 0.3) is 0 Å². The first kappa shape index (κ1) is 15.0. The van der Waals surface area contributed by atoms with Gasteiger partial charge in [-0.1, -0.05) is 23.7 Å². The standard InChI is InChI=1S/C13H15ClN2O3S/c14-12-4-1-3-11(7-12)9-20(18,19)10-13(17)8-16-6-2-5-15-16/h1-7,13,17H,8-10H2/t13-/m0/s1. The minimum Gasteiger partial charge on any atom is -0.390 e. The van der Waals surface area contributed by atoms with E-state index in [0.717, 1.165) is 0 Å². The quantitative estimate of drug-likeness (QED) is 0.877. The SMILES string of the molecule is O=S(=O)(Cc1cccc(Cl)c1)C[C@@H](O)Cn1cccn1. The number of aliphatic hydroxyl groups excluding tert-OH is 1. The molecule has 0 unspecified atom stereocenters. The van der Waals surface area contributed by atoms with E-state index in [1.165, 1.54) is 4.68 Å². The van der Waals surface area contributed by atoms with Gasteiger partial charge in [-0.15, -0.1) is 0 Å². The summed E-state index contributed by atoms with van der Waals surface area (Å²) in [7, 11) is -3.40. The Morgan fingerprint density at radius 2 is 2.15 bits per heavy atom. The molecule has 108 valence electrons. The maximum atomic E-state index is 12.0. The number of halogens is 1. The van der Waals surface area contributed by atoms with Crippen molar-refractivity contribution in [1.82, 2.24) is 9.78 Å². The first-order valence-electron chi connectivity index (χ1n) is 6.05. The van der Waals surface area contributed by atoms with Crippen LogP contribution in [0.5, 0.6) is 0 Å². The predicted molar refractivity (Wildman–Crippen MR) is 77.2 cm³/mol. The van der Waals surface area contributed by atoms with E-state index in [4.69, 9.17) is 11.6 Å². The molecule has 7 heteroatoms. The van der Waals surface area contributed by atoms with Crippen molar-refractivity contribution in [1.29, 1.82) is 0 Å². The van der Waals surface area contributed by atoms with Gasteiger partial charge in [0.1, 0.15) is 0 Å². The maximum Gasteiger partial charge on any atom is 0.157 e. The summed E-state index contributed by atoms with van der Waals surface area (Å²) in [5, 5.41) is 14.2. The van der Waals surface area contributed by atoms with Crippen LogP contribution in [-0.4, -0.2) is 35.2 Å². The van der Waals surface area contributed by atoms with E-state index in [1.807, 2.05) is 0 Å². The number of hydrogen-bond acceptors (Lipinski definition) is 4. The molecule has 5 nitrogen and oxygen atoms in total. The summed E-state index contributed by atoms with van der Waals surface area (Å²) in [6, 6.07) is 8.41. The second-order valence-corrected chi connectivity index (χ2v) is 7.11. The zero-order valence-corrected chi connectivity index (χ0v) is 12.3. The summed E-state index contributed by atoms with van der Waals surface area (Å²) in [4.78, 5) is 0. The monoisotopic (exact) mass is 314 g/mol. The van der Waals surface area contributed by atoms with Crippen molar-refractivity contribution in [3.63, 3.8) is 0 Å². The Balaban J connectivity index is 1.96. The number of sulfone groups is 1. The van der Waals surface area contributed by atoms with E-state index < -0.39 is 15.9 Å². The number of benzene rings is 1. The van der Waals surface area contributed by atoms with Crippen LogP contribution in [-0.2, 0) is 22.1 Å². The molecule has 0 amide bonds. The highest BCUT2D eigenvalue weighted by atomic mass is 35.5. The third-order valence-corrected chi connectivity index (χ3v) is 4.58. The molecule has 0 radical (unpaired) electrons. The molecular weight excluding hydrogens is 300 g/mol. The van der Waals surface area contributed by atoms with Crippen LogP contribution in [0.2, 0.25) is 5.02 Å². The van der Waals surface area contributed by atoms with Crippen molar-refractivity contribution in [3.05, 3.63) is 53.3 Å². The molecule has 0 fully saturated rings. The molecule has 0 aliphatic carbocycles. The van der Waals surface area contributed by atoms with Crippen LogP contribution in [0.1, 0.15) is 5.56 Å². The largest absolute Gasteiger partial charge is 0.390 e. The number of nitrogens with zero attached hydrogens (tertiary/aromatic N) is 2. The third-order valence-electron chi connectivity index (χ3n) is 2.68. The summed E-state index contributed by atoms with van der Waals surface area (Å²) in [6.07, 6.45) is 2.26. The van der Waals surface area contributed by atoms with Gasteiger partial charge in [0.2, 0.25) is 0 Å². The van der Waals surface area contributed by atoms with Gasteiger partial charge in [0.05, 0.1) is 24.2 Å². The average Bonchev–Trinajstić information content (AvgIpc) is 2.79. The van der Waals surface area contributed by atoms with E-state index in [1.54, 1.807) is 42.7 Å². The smallest absolute Gasteiger partial charge is 0.157 e. The molecule has 1 atom stereocenters. The summed E-state index contributed by atoms with van der Waals surface area (Å²) >= 11 is 5.82. The van der Waals surface area contributed by atoms with Crippen LogP contribution < -0.4 is 0 Å². The maximum absolute atomic E-state index is 12.0. The second-order valence-electron chi connectivity index (χ2n) is 4.57. The number of rotatable bonds is 6.